The van der Waals surface area contributed by atoms with Gasteiger partial charge in [-0.15, -0.1) is 0 Å². The van der Waals surface area contributed by atoms with Crippen LogP contribution in [0.2, 0.25) is 0 Å². The van der Waals surface area contributed by atoms with Gasteiger partial charge in [-0.2, -0.15) is 0 Å². The topological polar surface area (TPSA) is 81.8 Å². The lowest BCUT2D eigenvalue weighted by Crippen LogP contribution is -1.95. The molecule has 0 saturated carbocycles. The van der Waals surface area contributed by atoms with Crippen molar-refractivity contribution in [3.8, 4) is 33.9 Å². The van der Waals surface area contributed by atoms with Gasteiger partial charge in [0.1, 0.15) is 0 Å². The number of benzene rings is 1. The van der Waals surface area contributed by atoms with E-state index in [1.165, 1.54) is 6.07 Å². The number of rotatable bonds is 4. The standard InChI is InChI=1S/C21H14N4O2/c26-25(27)16-7-3-6-15(14-16)17-8-5-13-23-21(17)20-11-4-10-19(24-20)18-9-1-2-12-22-18/h1-14H. The minimum absolute atomic E-state index is 0.0394. The van der Waals surface area contributed by atoms with Crippen LogP contribution in [-0.4, -0.2) is 19.9 Å². The molecular weight excluding hydrogens is 340 g/mol. The molecule has 6 nitrogen and oxygen atoms in total. The van der Waals surface area contributed by atoms with Gasteiger partial charge in [-0.25, -0.2) is 4.98 Å². The Kier molecular flexibility index (Phi) is 4.37. The third kappa shape index (κ3) is 3.41. The lowest BCUT2D eigenvalue weighted by molar-refractivity contribution is -0.384. The molecule has 0 fully saturated rings. The average Bonchev–Trinajstić information content (AvgIpc) is 2.74. The van der Waals surface area contributed by atoms with E-state index in [9.17, 15) is 10.1 Å². The molecule has 1 aromatic carbocycles. The van der Waals surface area contributed by atoms with Gasteiger partial charge in [-0.05, 0) is 35.9 Å². The Morgan fingerprint density at radius 1 is 0.741 bits per heavy atom. The van der Waals surface area contributed by atoms with E-state index in [0.29, 0.717) is 11.4 Å². The zero-order valence-corrected chi connectivity index (χ0v) is 14.2. The van der Waals surface area contributed by atoms with Crippen molar-refractivity contribution in [1.82, 2.24) is 15.0 Å². The van der Waals surface area contributed by atoms with Gasteiger partial charge in [0.25, 0.3) is 5.69 Å². The van der Waals surface area contributed by atoms with Gasteiger partial charge in [0.05, 0.1) is 27.7 Å². The van der Waals surface area contributed by atoms with Crippen LogP contribution in [0.3, 0.4) is 0 Å². The normalized spacial score (nSPS) is 10.5. The van der Waals surface area contributed by atoms with E-state index in [2.05, 4.69) is 9.97 Å². The van der Waals surface area contributed by atoms with Crippen LogP contribution in [-0.2, 0) is 0 Å². The number of aromatic nitrogens is 3. The van der Waals surface area contributed by atoms with Crippen LogP contribution in [0.5, 0.6) is 0 Å². The Bertz CT molecular complexity index is 1110. The number of nitrogens with zero attached hydrogens (tertiary/aromatic N) is 4. The van der Waals surface area contributed by atoms with Crippen LogP contribution in [0.4, 0.5) is 5.69 Å². The third-order valence-electron chi connectivity index (χ3n) is 4.09. The molecule has 0 spiro atoms. The summed E-state index contributed by atoms with van der Waals surface area (Å²) in [6.45, 7) is 0. The van der Waals surface area contributed by atoms with Crippen LogP contribution >= 0.6 is 0 Å². The molecule has 3 aromatic heterocycles. The summed E-state index contributed by atoms with van der Waals surface area (Å²) in [5, 5.41) is 11.1. The molecule has 130 valence electrons. The monoisotopic (exact) mass is 354 g/mol. The summed E-state index contributed by atoms with van der Waals surface area (Å²) >= 11 is 0. The maximum absolute atomic E-state index is 11.1. The lowest BCUT2D eigenvalue weighted by atomic mass is 10.0. The van der Waals surface area contributed by atoms with Gasteiger partial charge in [0, 0.05) is 30.1 Å². The van der Waals surface area contributed by atoms with Crippen molar-refractivity contribution in [2.75, 3.05) is 0 Å². The zero-order valence-electron chi connectivity index (χ0n) is 14.2. The summed E-state index contributed by atoms with van der Waals surface area (Å²) in [6, 6.07) is 21.5. The Balaban J connectivity index is 1.83. The van der Waals surface area contributed by atoms with E-state index in [0.717, 1.165) is 22.5 Å². The molecule has 0 atom stereocenters. The number of hydrogen-bond acceptors (Lipinski definition) is 5. The van der Waals surface area contributed by atoms with Crippen LogP contribution in [0.15, 0.2) is 85.2 Å². The molecule has 0 radical (unpaired) electrons. The van der Waals surface area contributed by atoms with Gasteiger partial charge < -0.3 is 0 Å². The van der Waals surface area contributed by atoms with Crippen LogP contribution in [0.25, 0.3) is 33.9 Å². The summed E-state index contributed by atoms with van der Waals surface area (Å²) in [5.74, 6) is 0. The van der Waals surface area contributed by atoms with E-state index in [1.54, 1.807) is 30.6 Å². The summed E-state index contributed by atoms with van der Waals surface area (Å²) in [7, 11) is 0. The van der Waals surface area contributed by atoms with Crippen molar-refractivity contribution >= 4 is 5.69 Å². The number of non-ortho nitro benzene ring substituents is 1. The highest BCUT2D eigenvalue weighted by atomic mass is 16.6. The molecule has 27 heavy (non-hydrogen) atoms. The van der Waals surface area contributed by atoms with Crippen molar-refractivity contribution in [2.24, 2.45) is 0 Å². The fourth-order valence-corrected chi connectivity index (χ4v) is 2.85. The zero-order chi connectivity index (χ0) is 18.6. The van der Waals surface area contributed by atoms with Crippen LogP contribution in [0, 0.1) is 10.1 Å². The molecule has 0 aliphatic rings. The quantitative estimate of drug-likeness (QED) is 0.389. The van der Waals surface area contributed by atoms with Gasteiger partial charge in [-0.1, -0.05) is 30.3 Å². The maximum Gasteiger partial charge on any atom is 0.270 e. The fraction of sp³-hybridized carbons (Fsp3) is 0. The predicted molar refractivity (Wildman–Crippen MR) is 103 cm³/mol. The average molecular weight is 354 g/mol. The fourth-order valence-electron chi connectivity index (χ4n) is 2.85. The van der Waals surface area contributed by atoms with Gasteiger partial charge in [0.15, 0.2) is 0 Å². The van der Waals surface area contributed by atoms with E-state index in [-0.39, 0.29) is 5.69 Å². The Morgan fingerprint density at radius 2 is 1.52 bits per heavy atom. The van der Waals surface area contributed by atoms with E-state index in [4.69, 9.17) is 4.98 Å². The van der Waals surface area contributed by atoms with Crippen molar-refractivity contribution in [2.45, 2.75) is 0 Å². The predicted octanol–water partition coefficient (Wildman–Crippen LogP) is 4.78. The number of nitro benzene ring substituents is 1. The number of nitro groups is 1. The Labute approximate surface area is 155 Å². The van der Waals surface area contributed by atoms with E-state index >= 15 is 0 Å². The summed E-state index contributed by atoms with van der Waals surface area (Å²) < 4.78 is 0. The highest BCUT2D eigenvalue weighted by Gasteiger charge is 2.14. The highest BCUT2D eigenvalue weighted by Crippen LogP contribution is 2.31. The SMILES string of the molecule is O=[N+]([O-])c1cccc(-c2cccnc2-c2cccc(-c3ccccn3)n2)c1. The molecule has 0 saturated heterocycles. The Hall–Kier alpha value is -3.93. The van der Waals surface area contributed by atoms with E-state index < -0.39 is 4.92 Å². The summed E-state index contributed by atoms with van der Waals surface area (Å²) in [6.07, 6.45) is 3.41. The first kappa shape index (κ1) is 16.5. The van der Waals surface area contributed by atoms with Gasteiger partial charge in [-0.3, -0.25) is 20.1 Å². The van der Waals surface area contributed by atoms with Crippen molar-refractivity contribution in [3.05, 3.63) is 95.3 Å². The smallest absolute Gasteiger partial charge is 0.258 e. The summed E-state index contributed by atoms with van der Waals surface area (Å²) in [5.41, 5.74) is 4.40. The molecule has 0 unspecified atom stereocenters. The second kappa shape index (κ2) is 7.13. The van der Waals surface area contributed by atoms with Crippen LogP contribution < -0.4 is 0 Å². The van der Waals surface area contributed by atoms with Crippen LogP contribution in [0.1, 0.15) is 0 Å². The van der Waals surface area contributed by atoms with Gasteiger partial charge in [0.2, 0.25) is 0 Å². The maximum atomic E-state index is 11.1. The summed E-state index contributed by atoms with van der Waals surface area (Å²) in [4.78, 5) is 24.2. The molecular formula is C21H14N4O2. The molecule has 0 aliphatic carbocycles. The minimum Gasteiger partial charge on any atom is -0.258 e. The Morgan fingerprint density at radius 3 is 2.33 bits per heavy atom. The molecule has 0 amide bonds. The molecule has 0 aliphatic heterocycles. The number of pyridine rings is 3. The molecule has 4 rings (SSSR count). The highest BCUT2D eigenvalue weighted by molar-refractivity contribution is 5.80. The molecule has 0 N–H and O–H groups in total. The minimum atomic E-state index is -0.403. The largest absolute Gasteiger partial charge is 0.270 e. The first-order chi connectivity index (χ1) is 13.2. The molecule has 4 aromatic rings. The van der Waals surface area contributed by atoms with Crippen molar-refractivity contribution in [1.29, 1.82) is 0 Å². The van der Waals surface area contributed by atoms with Gasteiger partial charge >= 0.3 is 0 Å². The third-order valence-corrected chi connectivity index (χ3v) is 4.09. The number of hydrogen-bond donors (Lipinski definition) is 0. The van der Waals surface area contributed by atoms with E-state index in [1.807, 2.05) is 48.5 Å². The van der Waals surface area contributed by atoms with Crippen molar-refractivity contribution in [3.63, 3.8) is 0 Å². The first-order valence-corrected chi connectivity index (χ1v) is 8.31. The molecule has 0 bridgehead atoms. The van der Waals surface area contributed by atoms with Crippen molar-refractivity contribution < 1.29 is 4.92 Å². The molecule has 3 heterocycles. The second-order valence-electron chi connectivity index (χ2n) is 5.83. The molecule has 6 heteroatoms. The first-order valence-electron chi connectivity index (χ1n) is 8.31. The second-order valence-corrected chi connectivity index (χ2v) is 5.83. The lowest BCUT2D eigenvalue weighted by Gasteiger charge is -2.09.